The Morgan fingerprint density at radius 1 is 0.643 bits per heavy atom. The smallest absolute Gasteiger partial charge is 0.0112 e. The van der Waals surface area contributed by atoms with E-state index in [4.69, 9.17) is 0 Å². The van der Waals surface area contributed by atoms with Gasteiger partial charge in [0.05, 0.1) is 0 Å². The molecule has 0 aliphatic carbocycles. The van der Waals surface area contributed by atoms with Crippen molar-refractivity contribution >= 4 is 24.3 Å². The summed E-state index contributed by atoms with van der Waals surface area (Å²) in [5.41, 5.74) is 4.26. The third-order valence-corrected chi connectivity index (χ3v) is 2.20. The van der Waals surface area contributed by atoms with Gasteiger partial charge in [-0.2, -0.15) is 0 Å². The first-order valence-corrected chi connectivity index (χ1v) is 4.45. The molecule has 0 heterocycles. The topological polar surface area (TPSA) is 0 Å². The van der Waals surface area contributed by atoms with Gasteiger partial charge < -0.3 is 0 Å². The highest BCUT2D eigenvalue weighted by Crippen LogP contribution is 2.23. The molecule has 0 amide bonds. The summed E-state index contributed by atoms with van der Waals surface area (Å²) in [6.07, 6.45) is 7.27. The predicted molar refractivity (Wildman–Crippen MR) is 66.8 cm³/mol. The molecular formula is C14H14. The molecule has 0 bridgehead atoms. The highest BCUT2D eigenvalue weighted by Gasteiger charge is 2.03. The van der Waals surface area contributed by atoms with E-state index >= 15 is 0 Å². The molecule has 0 aliphatic heterocycles. The average Bonchev–Trinajstić information content (AvgIpc) is 2.26. The first-order chi connectivity index (χ1) is 6.78. The van der Waals surface area contributed by atoms with Gasteiger partial charge in [-0.15, -0.1) is 0 Å². The minimum absolute atomic E-state index is 1.06. The standard InChI is InChI=1S/C14H14/c1-5-11-9-10-12(6-2)14(8-4)13(11)7-3/h5-10H,1-4H2. The highest BCUT2D eigenvalue weighted by molar-refractivity contribution is 5.78. The van der Waals surface area contributed by atoms with Crippen LogP contribution in [0.1, 0.15) is 22.3 Å². The van der Waals surface area contributed by atoms with Crippen molar-refractivity contribution in [3.8, 4) is 0 Å². The molecule has 0 unspecified atom stereocenters. The summed E-state index contributed by atoms with van der Waals surface area (Å²) in [5, 5.41) is 0. The fraction of sp³-hybridized carbons (Fsp3) is 0. The Hall–Kier alpha value is -1.82. The van der Waals surface area contributed by atoms with Gasteiger partial charge in [-0.3, -0.25) is 0 Å². The van der Waals surface area contributed by atoms with Crippen molar-refractivity contribution in [3.05, 3.63) is 60.7 Å². The molecule has 0 heteroatoms. The molecule has 0 aliphatic rings. The predicted octanol–water partition coefficient (Wildman–Crippen LogP) is 4.26. The first-order valence-electron chi connectivity index (χ1n) is 4.45. The Bertz CT molecular complexity index is 356. The summed E-state index contributed by atoms with van der Waals surface area (Å²) in [7, 11) is 0. The minimum atomic E-state index is 1.06. The summed E-state index contributed by atoms with van der Waals surface area (Å²) < 4.78 is 0. The fourth-order valence-electron chi connectivity index (χ4n) is 1.48. The number of hydrogen-bond acceptors (Lipinski definition) is 0. The molecule has 14 heavy (non-hydrogen) atoms. The molecule has 0 fully saturated rings. The molecule has 1 rings (SSSR count). The van der Waals surface area contributed by atoms with Gasteiger partial charge in [-0.05, 0) is 22.3 Å². The van der Waals surface area contributed by atoms with Crippen molar-refractivity contribution in [1.82, 2.24) is 0 Å². The summed E-state index contributed by atoms with van der Waals surface area (Å²) in [6, 6.07) is 4.02. The van der Waals surface area contributed by atoms with Crippen molar-refractivity contribution < 1.29 is 0 Å². The van der Waals surface area contributed by atoms with E-state index < -0.39 is 0 Å². The summed E-state index contributed by atoms with van der Waals surface area (Å²) in [6.45, 7) is 15.1. The van der Waals surface area contributed by atoms with Gasteiger partial charge in [0.15, 0.2) is 0 Å². The van der Waals surface area contributed by atoms with Crippen molar-refractivity contribution in [2.24, 2.45) is 0 Å². The van der Waals surface area contributed by atoms with Gasteiger partial charge in [-0.25, -0.2) is 0 Å². The normalized spacial score (nSPS) is 9.14. The van der Waals surface area contributed by atoms with Crippen molar-refractivity contribution in [2.75, 3.05) is 0 Å². The average molecular weight is 182 g/mol. The van der Waals surface area contributed by atoms with E-state index in [1.807, 2.05) is 36.4 Å². The molecule has 0 N–H and O–H groups in total. The van der Waals surface area contributed by atoms with Gasteiger partial charge in [0.1, 0.15) is 0 Å². The molecule has 1 aromatic rings. The van der Waals surface area contributed by atoms with Crippen LogP contribution in [0.25, 0.3) is 24.3 Å². The van der Waals surface area contributed by atoms with Crippen LogP contribution in [0.4, 0.5) is 0 Å². The Balaban J connectivity index is 3.58. The quantitative estimate of drug-likeness (QED) is 0.652. The molecule has 0 nitrogen and oxygen atoms in total. The number of rotatable bonds is 4. The van der Waals surface area contributed by atoms with Crippen molar-refractivity contribution in [3.63, 3.8) is 0 Å². The SMILES string of the molecule is C=Cc1ccc(C=C)c(C=C)c1C=C. The number of hydrogen-bond donors (Lipinski definition) is 0. The lowest BCUT2D eigenvalue weighted by Crippen LogP contribution is -1.89. The van der Waals surface area contributed by atoms with E-state index in [-0.39, 0.29) is 0 Å². The van der Waals surface area contributed by atoms with E-state index in [1.54, 1.807) is 0 Å². The van der Waals surface area contributed by atoms with E-state index in [0.717, 1.165) is 22.3 Å². The maximum absolute atomic E-state index is 3.79. The monoisotopic (exact) mass is 182 g/mol. The molecule has 0 aromatic heterocycles. The van der Waals surface area contributed by atoms with Gasteiger partial charge in [0, 0.05) is 0 Å². The van der Waals surface area contributed by atoms with Crippen LogP contribution in [0.3, 0.4) is 0 Å². The second-order valence-corrected chi connectivity index (χ2v) is 2.89. The lowest BCUT2D eigenvalue weighted by atomic mass is 9.96. The maximum Gasteiger partial charge on any atom is -0.0112 e. The molecule has 1 aromatic carbocycles. The molecule has 0 spiro atoms. The van der Waals surface area contributed by atoms with Gasteiger partial charge >= 0.3 is 0 Å². The molecular weight excluding hydrogens is 168 g/mol. The molecule has 0 saturated carbocycles. The summed E-state index contributed by atoms with van der Waals surface area (Å²) >= 11 is 0. The van der Waals surface area contributed by atoms with E-state index in [1.165, 1.54) is 0 Å². The van der Waals surface area contributed by atoms with Crippen LogP contribution in [0, 0.1) is 0 Å². The number of benzene rings is 1. The molecule has 0 saturated heterocycles. The lowest BCUT2D eigenvalue weighted by molar-refractivity contribution is 1.55. The fourth-order valence-corrected chi connectivity index (χ4v) is 1.48. The maximum atomic E-state index is 3.79. The third-order valence-electron chi connectivity index (χ3n) is 2.20. The second kappa shape index (κ2) is 4.43. The molecule has 0 radical (unpaired) electrons. The highest BCUT2D eigenvalue weighted by atomic mass is 14.1. The van der Waals surface area contributed by atoms with Crippen molar-refractivity contribution in [2.45, 2.75) is 0 Å². The summed E-state index contributed by atoms with van der Waals surface area (Å²) in [5.74, 6) is 0. The van der Waals surface area contributed by atoms with Crippen LogP contribution in [-0.2, 0) is 0 Å². The van der Waals surface area contributed by atoms with E-state index in [2.05, 4.69) is 26.3 Å². The van der Waals surface area contributed by atoms with Gasteiger partial charge in [0.2, 0.25) is 0 Å². The Labute approximate surface area is 85.6 Å². The Kier molecular flexibility index (Phi) is 3.24. The van der Waals surface area contributed by atoms with E-state index in [0.29, 0.717) is 0 Å². The second-order valence-electron chi connectivity index (χ2n) is 2.89. The first kappa shape index (κ1) is 10.3. The van der Waals surface area contributed by atoms with Crippen LogP contribution in [0.2, 0.25) is 0 Å². The van der Waals surface area contributed by atoms with Crippen LogP contribution < -0.4 is 0 Å². The van der Waals surface area contributed by atoms with Crippen LogP contribution in [0.15, 0.2) is 38.4 Å². The Morgan fingerprint density at radius 2 is 1.00 bits per heavy atom. The van der Waals surface area contributed by atoms with Crippen LogP contribution in [0.5, 0.6) is 0 Å². The minimum Gasteiger partial charge on any atom is -0.0984 e. The molecule has 70 valence electrons. The third kappa shape index (κ3) is 1.60. The Morgan fingerprint density at radius 3 is 1.21 bits per heavy atom. The molecule has 0 atom stereocenters. The van der Waals surface area contributed by atoms with Gasteiger partial charge in [0.25, 0.3) is 0 Å². The van der Waals surface area contributed by atoms with Gasteiger partial charge in [-0.1, -0.05) is 62.8 Å². The summed E-state index contributed by atoms with van der Waals surface area (Å²) in [4.78, 5) is 0. The zero-order valence-electron chi connectivity index (χ0n) is 8.29. The van der Waals surface area contributed by atoms with Crippen molar-refractivity contribution in [1.29, 1.82) is 0 Å². The van der Waals surface area contributed by atoms with Crippen LogP contribution in [-0.4, -0.2) is 0 Å². The lowest BCUT2D eigenvalue weighted by Gasteiger charge is -2.09. The van der Waals surface area contributed by atoms with Crippen LogP contribution >= 0.6 is 0 Å². The van der Waals surface area contributed by atoms with E-state index in [9.17, 15) is 0 Å². The zero-order valence-corrected chi connectivity index (χ0v) is 8.29. The zero-order chi connectivity index (χ0) is 10.6. The largest absolute Gasteiger partial charge is 0.0984 e.